The minimum atomic E-state index is -3.44. The maximum absolute atomic E-state index is 11.9. The summed E-state index contributed by atoms with van der Waals surface area (Å²) in [5.74, 6) is -0.165. The van der Waals surface area contributed by atoms with E-state index in [0.717, 1.165) is 12.5 Å². The molecular formula is C13H18O6S. The fourth-order valence-corrected chi connectivity index (χ4v) is 6.08. The monoisotopic (exact) mass is 302 g/mol. The van der Waals surface area contributed by atoms with Gasteiger partial charge in [-0.05, 0) is 18.3 Å². The maximum atomic E-state index is 11.9. The third-order valence-electron chi connectivity index (χ3n) is 4.71. The molecule has 3 rings (SSSR count). The Labute approximate surface area is 118 Å². The molecule has 2 aliphatic carbocycles. The van der Waals surface area contributed by atoms with E-state index in [0.29, 0.717) is 0 Å². The molecule has 6 nitrogen and oxygen atoms in total. The molecule has 112 valence electrons. The molecule has 0 aromatic rings. The highest BCUT2D eigenvalue weighted by Crippen LogP contribution is 2.58. The Bertz CT molecular complexity index is 527. The fourth-order valence-electron chi connectivity index (χ4n) is 3.96. The van der Waals surface area contributed by atoms with E-state index in [9.17, 15) is 13.2 Å². The smallest absolute Gasteiger partial charge is 0.330 e. The summed E-state index contributed by atoms with van der Waals surface area (Å²) < 4.78 is 39.7. The molecule has 2 saturated carbocycles. The highest BCUT2D eigenvalue weighted by Gasteiger charge is 2.67. The van der Waals surface area contributed by atoms with Gasteiger partial charge in [0.05, 0.1) is 18.0 Å². The first-order chi connectivity index (χ1) is 9.45. The minimum Gasteiger partial charge on any atom is -0.460 e. The molecule has 6 atom stereocenters. The molecule has 2 bridgehead atoms. The van der Waals surface area contributed by atoms with Gasteiger partial charge in [0.15, 0.2) is 0 Å². The van der Waals surface area contributed by atoms with Crippen LogP contribution < -0.4 is 0 Å². The molecule has 0 radical (unpaired) electrons. The normalized spacial score (nSPS) is 43.6. The second-order valence-electron chi connectivity index (χ2n) is 5.65. The predicted octanol–water partition coefficient (Wildman–Crippen LogP) is 0.484. The Morgan fingerprint density at radius 3 is 2.85 bits per heavy atom. The number of hydrogen-bond donors (Lipinski definition) is 0. The zero-order valence-electron chi connectivity index (χ0n) is 11.2. The summed E-state index contributed by atoms with van der Waals surface area (Å²) in [5, 5.41) is -0.365. The molecule has 0 N–H and O–H groups in total. The number of fused-ring (bicyclic) bond motifs is 1. The van der Waals surface area contributed by atoms with Crippen molar-refractivity contribution in [2.24, 2.45) is 17.8 Å². The van der Waals surface area contributed by atoms with Crippen LogP contribution in [0.25, 0.3) is 0 Å². The molecule has 1 heterocycles. The summed E-state index contributed by atoms with van der Waals surface area (Å²) in [6.07, 6.45) is 1.36. The summed E-state index contributed by atoms with van der Waals surface area (Å²) in [4.78, 5) is 10.9. The van der Waals surface area contributed by atoms with Crippen LogP contribution in [0.5, 0.6) is 0 Å². The van der Waals surface area contributed by atoms with Gasteiger partial charge in [-0.3, -0.25) is 4.18 Å². The molecule has 0 aromatic carbocycles. The predicted molar refractivity (Wildman–Crippen MR) is 69.2 cm³/mol. The van der Waals surface area contributed by atoms with Crippen molar-refractivity contribution in [1.82, 2.24) is 0 Å². The quantitative estimate of drug-likeness (QED) is 0.318. The maximum Gasteiger partial charge on any atom is 0.330 e. The second-order valence-corrected chi connectivity index (χ2v) is 7.37. The molecular weight excluding hydrogens is 284 g/mol. The van der Waals surface area contributed by atoms with Gasteiger partial charge in [0.25, 0.3) is 10.1 Å². The average molecular weight is 302 g/mol. The zero-order chi connectivity index (χ0) is 14.5. The van der Waals surface area contributed by atoms with Crippen molar-refractivity contribution >= 4 is 16.1 Å². The number of rotatable bonds is 5. The number of esters is 1. The topological polar surface area (TPSA) is 78.9 Å². The summed E-state index contributed by atoms with van der Waals surface area (Å²) in [7, 11) is -3.44. The molecule has 3 fully saturated rings. The number of carbonyl (C=O) groups excluding carboxylic acids is 1. The standard InChI is InChI=1S/C13H18O6S/c1-3-10(14)17-4-5-18-11-8-6-9-12(11)19-20(15,16)13(9)7(8)2/h3,7-9,11-13H,1,4-6H2,2H3. The van der Waals surface area contributed by atoms with Gasteiger partial charge in [-0.15, -0.1) is 0 Å². The Morgan fingerprint density at radius 2 is 2.15 bits per heavy atom. The largest absolute Gasteiger partial charge is 0.460 e. The van der Waals surface area contributed by atoms with Crippen molar-refractivity contribution in [2.45, 2.75) is 30.8 Å². The minimum absolute atomic E-state index is 0.0562. The van der Waals surface area contributed by atoms with E-state index in [1.165, 1.54) is 0 Å². The van der Waals surface area contributed by atoms with E-state index in [4.69, 9.17) is 13.7 Å². The lowest BCUT2D eigenvalue weighted by Crippen LogP contribution is -2.40. The SMILES string of the molecule is C=CC(=O)OCCOC1C2CC3C1OS(=O)(=O)C3C2C. The van der Waals surface area contributed by atoms with E-state index in [-0.39, 0.29) is 48.4 Å². The number of hydrogen-bond acceptors (Lipinski definition) is 6. The second kappa shape index (κ2) is 4.82. The highest BCUT2D eigenvalue weighted by atomic mass is 32.2. The Hall–Kier alpha value is -0.920. The molecule has 0 aromatic heterocycles. The average Bonchev–Trinajstić information content (AvgIpc) is 2.96. The van der Waals surface area contributed by atoms with Crippen molar-refractivity contribution in [3.05, 3.63) is 12.7 Å². The van der Waals surface area contributed by atoms with Crippen molar-refractivity contribution in [2.75, 3.05) is 13.2 Å². The van der Waals surface area contributed by atoms with Crippen molar-refractivity contribution in [3.8, 4) is 0 Å². The van der Waals surface area contributed by atoms with Gasteiger partial charge in [-0.25, -0.2) is 4.79 Å². The Morgan fingerprint density at radius 1 is 1.40 bits per heavy atom. The van der Waals surface area contributed by atoms with Gasteiger partial charge in [0.1, 0.15) is 12.7 Å². The number of ether oxygens (including phenoxy) is 2. The van der Waals surface area contributed by atoms with Crippen molar-refractivity contribution < 1.29 is 26.9 Å². The Kier molecular flexibility index (Phi) is 3.38. The molecule has 3 aliphatic rings. The summed E-state index contributed by atoms with van der Waals surface area (Å²) in [6, 6.07) is 0. The van der Waals surface area contributed by atoms with Gasteiger partial charge in [0.2, 0.25) is 0 Å². The lowest BCUT2D eigenvalue weighted by molar-refractivity contribution is -0.141. The van der Waals surface area contributed by atoms with Crippen LogP contribution in [0.3, 0.4) is 0 Å². The van der Waals surface area contributed by atoms with Crippen LogP contribution in [-0.2, 0) is 28.6 Å². The van der Waals surface area contributed by atoms with Crippen LogP contribution in [0.4, 0.5) is 0 Å². The molecule has 6 unspecified atom stereocenters. The van der Waals surface area contributed by atoms with Gasteiger partial charge in [-0.1, -0.05) is 13.5 Å². The van der Waals surface area contributed by atoms with Gasteiger partial charge < -0.3 is 9.47 Å². The van der Waals surface area contributed by atoms with E-state index in [2.05, 4.69) is 6.58 Å². The molecule has 1 saturated heterocycles. The molecule has 7 heteroatoms. The first kappa shape index (κ1) is 14.0. The van der Waals surface area contributed by atoms with Crippen LogP contribution in [0.2, 0.25) is 0 Å². The highest BCUT2D eigenvalue weighted by molar-refractivity contribution is 7.87. The van der Waals surface area contributed by atoms with Gasteiger partial charge in [0, 0.05) is 12.0 Å². The van der Waals surface area contributed by atoms with Crippen LogP contribution in [0, 0.1) is 17.8 Å². The van der Waals surface area contributed by atoms with Crippen LogP contribution >= 0.6 is 0 Å². The molecule has 0 amide bonds. The van der Waals surface area contributed by atoms with Crippen LogP contribution in [0.15, 0.2) is 12.7 Å². The third-order valence-corrected chi connectivity index (χ3v) is 6.65. The molecule has 20 heavy (non-hydrogen) atoms. The summed E-state index contributed by atoms with van der Waals surface area (Å²) in [6.45, 7) is 5.63. The Balaban J connectivity index is 1.60. The van der Waals surface area contributed by atoms with Gasteiger partial charge in [-0.2, -0.15) is 8.42 Å². The lowest BCUT2D eigenvalue weighted by atomic mass is 9.86. The van der Waals surface area contributed by atoms with Crippen LogP contribution in [-0.4, -0.2) is 45.1 Å². The first-order valence-electron chi connectivity index (χ1n) is 6.78. The first-order valence-corrected chi connectivity index (χ1v) is 8.25. The molecule has 1 aliphatic heterocycles. The van der Waals surface area contributed by atoms with E-state index in [1.807, 2.05) is 6.92 Å². The van der Waals surface area contributed by atoms with E-state index < -0.39 is 16.1 Å². The summed E-state index contributed by atoms with van der Waals surface area (Å²) >= 11 is 0. The number of carbonyl (C=O) groups is 1. The third kappa shape index (κ3) is 1.99. The van der Waals surface area contributed by atoms with Gasteiger partial charge >= 0.3 is 5.97 Å². The van der Waals surface area contributed by atoms with Crippen LogP contribution in [0.1, 0.15) is 13.3 Å². The van der Waals surface area contributed by atoms with Crippen molar-refractivity contribution in [1.29, 1.82) is 0 Å². The van der Waals surface area contributed by atoms with Crippen molar-refractivity contribution in [3.63, 3.8) is 0 Å². The fraction of sp³-hybridized carbons (Fsp3) is 0.769. The zero-order valence-corrected chi connectivity index (χ0v) is 12.0. The van der Waals surface area contributed by atoms with E-state index >= 15 is 0 Å². The summed E-state index contributed by atoms with van der Waals surface area (Å²) in [5.41, 5.74) is 0. The molecule has 0 spiro atoms. The lowest BCUT2D eigenvalue weighted by Gasteiger charge is -2.29. The van der Waals surface area contributed by atoms with E-state index in [1.54, 1.807) is 0 Å².